The normalized spacial score (nSPS) is 35.0. The molecule has 5 rings (SSSR count). The number of carbonyl (C=O) groups is 3. The molecule has 0 spiro atoms. The van der Waals surface area contributed by atoms with Crippen LogP contribution < -0.4 is 5.32 Å². The zero-order valence-corrected chi connectivity index (χ0v) is 37.1. The summed E-state index contributed by atoms with van der Waals surface area (Å²) in [4.78, 5) is 56.2. The third-order valence-electron chi connectivity index (χ3n) is 12.7. The summed E-state index contributed by atoms with van der Waals surface area (Å²) < 4.78 is 33.6. The first kappa shape index (κ1) is 46.9. The van der Waals surface area contributed by atoms with E-state index in [1.165, 1.54) is 14.0 Å². The van der Waals surface area contributed by atoms with Crippen LogP contribution in [0.25, 0.3) is 11.3 Å². The fraction of sp³-hybridized carbons (Fsp3) is 0.727. The summed E-state index contributed by atoms with van der Waals surface area (Å²) in [6.45, 7) is 16.3. The molecule has 2 aromatic heterocycles. The molecule has 0 bridgehead atoms. The topological polar surface area (TPSA) is 185 Å². The SMILES string of the molecule is CC[C@H]1OC(=O)[C@H](C)[C@@H](O)[C@H](C)[C@@H](OC2O[C@H](C)C[C@H](CNC)C2OC(C)=O)[C@@H](C)C[C@@H](C)/C(=N\OC)CC2N(CCCCn3cnc(-c4cccnc4)c3)C(=O)O[C@@]21C. The van der Waals surface area contributed by atoms with Gasteiger partial charge in [0.1, 0.15) is 13.2 Å². The van der Waals surface area contributed by atoms with Crippen molar-refractivity contribution in [2.24, 2.45) is 34.7 Å². The number of aromatic nitrogens is 3. The van der Waals surface area contributed by atoms with Crippen LogP contribution >= 0.6 is 0 Å². The van der Waals surface area contributed by atoms with Gasteiger partial charge in [-0.3, -0.25) is 14.6 Å². The molecular formula is C44H68N6O10. The maximum Gasteiger partial charge on any atom is 0.410 e. The van der Waals surface area contributed by atoms with Gasteiger partial charge >= 0.3 is 18.0 Å². The molecule has 2 aromatic rings. The first-order valence-corrected chi connectivity index (χ1v) is 21.6. The quantitative estimate of drug-likeness (QED) is 0.110. The number of nitrogens with zero attached hydrogens (tertiary/aromatic N) is 5. The number of unbranched alkanes of at least 4 members (excludes halogenated alkanes) is 1. The van der Waals surface area contributed by atoms with Gasteiger partial charge in [-0.2, -0.15) is 0 Å². The van der Waals surface area contributed by atoms with Gasteiger partial charge < -0.3 is 48.4 Å². The molecule has 334 valence electrons. The van der Waals surface area contributed by atoms with E-state index in [9.17, 15) is 19.5 Å². The molecule has 0 aromatic carbocycles. The van der Waals surface area contributed by atoms with E-state index < -0.39 is 72.2 Å². The van der Waals surface area contributed by atoms with Crippen LogP contribution in [-0.2, 0) is 44.7 Å². The number of imidazole rings is 1. The number of esters is 2. The maximum absolute atomic E-state index is 14.0. The highest BCUT2D eigenvalue weighted by molar-refractivity contribution is 5.88. The molecule has 3 fully saturated rings. The van der Waals surface area contributed by atoms with Gasteiger partial charge in [0.25, 0.3) is 0 Å². The lowest BCUT2D eigenvalue weighted by Crippen LogP contribution is -2.55. The third kappa shape index (κ3) is 11.0. The number of amides is 1. The van der Waals surface area contributed by atoms with Crippen LogP contribution in [0.3, 0.4) is 0 Å². The number of rotatable bonds is 13. The van der Waals surface area contributed by atoms with Gasteiger partial charge in [0.2, 0.25) is 0 Å². The Labute approximate surface area is 355 Å². The van der Waals surface area contributed by atoms with Crippen molar-refractivity contribution in [1.82, 2.24) is 24.8 Å². The van der Waals surface area contributed by atoms with Crippen LogP contribution in [0.5, 0.6) is 0 Å². The Balaban J connectivity index is 1.42. The minimum Gasteiger partial charge on any atom is -0.458 e. The van der Waals surface area contributed by atoms with Crippen LogP contribution in [0.2, 0.25) is 0 Å². The molecule has 3 aliphatic heterocycles. The van der Waals surface area contributed by atoms with Crippen LogP contribution in [-0.4, -0.2) is 124 Å². The fourth-order valence-electron chi connectivity index (χ4n) is 9.42. The average Bonchev–Trinajstić information content (AvgIpc) is 3.78. The van der Waals surface area contributed by atoms with Gasteiger partial charge in [0.05, 0.1) is 48.0 Å². The number of cyclic esters (lactones) is 1. The largest absolute Gasteiger partial charge is 0.458 e. The van der Waals surface area contributed by atoms with Crippen molar-refractivity contribution in [2.75, 3.05) is 27.2 Å². The number of hydrogen-bond donors (Lipinski definition) is 2. The molecular weight excluding hydrogens is 773 g/mol. The number of aliphatic hydroxyl groups excluding tert-OH is 1. The number of oxime groups is 1. The Bertz CT molecular complexity index is 1740. The first-order valence-electron chi connectivity index (χ1n) is 21.6. The van der Waals surface area contributed by atoms with Crippen molar-refractivity contribution in [3.63, 3.8) is 0 Å². The van der Waals surface area contributed by atoms with Crippen molar-refractivity contribution < 1.29 is 48.0 Å². The lowest BCUT2D eigenvalue weighted by molar-refractivity contribution is -0.286. The molecule has 16 nitrogen and oxygen atoms in total. The zero-order valence-electron chi connectivity index (χ0n) is 37.1. The molecule has 60 heavy (non-hydrogen) atoms. The summed E-state index contributed by atoms with van der Waals surface area (Å²) in [5.74, 6) is -3.08. The van der Waals surface area contributed by atoms with Crippen molar-refractivity contribution >= 4 is 23.7 Å². The van der Waals surface area contributed by atoms with Gasteiger partial charge in [-0.15, -0.1) is 0 Å². The van der Waals surface area contributed by atoms with E-state index in [0.717, 1.165) is 17.7 Å². The second kappa shape index (κ2) is 21.1. The standard InChI is InChI=1S/C44H68N6O10/c1-11-37-44(8)36(50(43(54)60-44)18-13-12-17-49-24-35(47-25-49)32-15-14-16-46-23-32)21-34(48-55-10)26(2)19-27(3)39(29(5)38(52)30(6)41(53)58-37)59-42-40(57-31(7)51)33(22-45-9)20-28(4)56-42/h14-16,23-30,33,36-40,42,45,52H,11-13,17-22H2,1-10H3/b48-34-/t26-,27+,28-,29+,30-,33-,36?,37-,38+,39+,40?,42?,44+/m1/s1. The highest BCUT2D eigenvalue weighted by Crippen LogP contribution is 2.41. The monoisotopic (exact) mass is 840 g/mol. The second-order valence-electron chi connectivity index (χ2n) is 17.3. The number of nitrogens with one attached hydrogen (secondary N) is 1. The summed E-state index contributed by atoms with van der Waals surface area (Å²) in [6.07, 6.45) is 5.66. The Hall–Kier alpha value is -4.12. The number of aliphatic hydroxyl groups is 1. The first-order chi connectivity index (χ1) is 28.6. The summed E-state index contributed by atoms with van der Waals surface area (Å²) in [5, 5.41) is 19.7. The molecule has 3 saturated heterocycles. The van der Waals surface area contributed by atoms with E-state index in [0.29, 0.717) is 57.5 Å². The third-order valence-corrected chi connectivity index (χ3v) is 12.7. The predicted molar refractivity (Wildman–Crippen MR) is 223 cm³/mol. The van der Waals surface area contributed by atoms with E-state index in [2.05, 4.69) is 27.4 Å². The fourth-order valence-corrected chi connectivity index (χ4v) is 9.42. The molecule has 16 heteroatoms. The van der Waals surface area contributed by atoms with Crippen molar-refractivity contribution in [3.8, 4) is 11.3 Å². The number of ether oxygens (including phenoxy) is 5. The van der Waals surface area contributed by atoms with E-state index in [1.807, 2.05) is 64.6 Å². The number of carbonyl (C=O) groups excluding carboxylic acids is 3. The Morgan fingerprint density at radius 3 is 2.53 bits per heavy atom. The van der Waals surface area contributed by atoms with Crippen LogP contribution in [0.15, 0.2) is 42.2 Å². The lowest BCUT2D eigenvalue weighted by atomic mass is 9.77. The molecule has 3 unspecified atom stereocenters. The highest BCUT2D eigenvalue weighted by atomic mass is 16.7. The van der Waals surface area contributed by atoms with Crippen molar-refractivity contribution in [2.45, 2.75) is 149 Å². The van der Waals surface area contributed by atoms with Gasteiger partial charge in [0, 0.05) is 69.0 Å². The van der Waals surface area contributed by atoms with Crippen LogP contribution in [0, 0.1) is 29.6 Å². The molecule has 0 saturated carbocycles. The van der Waals surface area contributed by atoms with Crippen molar-refractivity contribution in [1.29, 1.82) is 0 Å². The lowest BCUT2D eigenvalue weighted by Gasteiger charge is -2.44. The summed E-state index contributed by atoms with van der Waals surface area (Å²) in [5.41, 5.74) is 1.25. The maximum atomic E-state index is 14.0. The number of hydrogen-bond acceptors (Lipinski definition) is 14. The summed E-state index contributed by atoms with van der Waals surface area (Å²) >= 11 is 0. The molecule has 1 amide bonds. The minimum atomic E-state index is -1.24. The van der Waals surface area contributed by atoms with Gasteiger partial charge in [0.15, 0.2) is 18.0 Å². The molecule has 3 aliphatic rings. The number of fused-ring (bicyclic) bond motifs is 1. The van der Waals surface area contributed by atoms with Gasteiger partial charge in [-0.05, 0) is 83.9 Å². The minimum absolute atomic E-state index is 0.0781. The molecule has 13 atom stereocenters. The molecule has 0 radical (unpaired) electrons. The molecule has 5 heterocycles. The highest BCUT2D eigenvalue weighted by Gasteiger charge is 2.57. The number of aryl methyl sites for hydroxylation is 1. The average molecular weight is 841 g/mol. The summed E-state index contributed by atoms with van der Waals surface area (Å²) in [6, 6.07) is 3.29. The Morgan fingerprint density at radius 1 is 1.12 bits per heavy atom. The smallest absolute Gasteiger partial charge is 0.410 e. The molecule has 2 N–H and O–H groups in total. The Kier molecular flexibility index (Phi) is 16.5. The Morgan fingerprint density at radius 2 is 1.87 bits per heavy atom. The van der Waals surface area contributed by atoms with Crippen molar-refractivity contribution in [3.05, 3.63) is 37.1 Å². The number of pyridine rings is 1. The second-order valence-corrected chi connectivity index (χ2v) is 17.3. The van der Waals surface area contributed by atoms with Crippen LogP contribution in [0.4, 0.5) is 4.79 Å². The van der Waals surface area contributed by atoms with E-state index in [-0.39, 0.29) is 23.9 Å². The van der Waals surface area contributed by atoms with E-state index in [1.54, 1.807) is 30.5 Å². The van der Waals surface area contributed by atoms with E-state index >= 15 is 0 Å². The van der Waals surface area contributed by atoms with Gasteiger partial charge in [-0.1, -0.05) is 32.9 Å². The zero-order chi connectivity index (χ0) is 43.7. The predicted octanol–water partition coefficient (Wildman–Crippen LogP) is 5.62. The van der Waals surface area contributed by atoms with Gasteiger partial charge in [-0.25, -0.2) is 9.78 Å². The van der Waals surface area contributed by atoms with E-state index in [4.69, 9.17) is 28.5 Å². The van der Waals surface area contributed by atoms with Crippen LogP contribution in [0.1, 0.15) is 93.9 Å². The summed E-state index contributed by atoms with van der Waals surface area (Å²) in [7, 11) is 3.35. The molecule has 0 aliphatic carbocycles.